The van der Waals surface area contributed by atoms with Gasteiger partial charge in [-0.15, -0.1) is 0 Å². The molecule has 1 unspecified atom stereocenters. The Morgan fingerprint density at radius 3 is 2.17 bits per heavy atom. The fourth-order valence-electron chi connectivity index (χ4n) is 1.56. The molecule has 0 radical (unpaired) electrons. The molecule has 0 aromatic heterocycles. The fraction of sp³-hybridized carbons (Fsp3) is 0.833. The largest absolute Gasteiger partial charge is 0.481 e. The van der Waals surface area contributed by atoms with Gasteiger partial charge in [-0.3, -0.25) is 9.59 Å². The average molecular weight is 260 g/mol. The fourth-order valence-corrected chi connectivity index (χ4v) is 1.56. The van der Waals surface area contributed by atoms with Crippen molar-refractivity contribution < 1.29 is 19.8 Å². The van der Waals surface area contributed by atoms with Crippen molar-refractivity contribution in [1.82, 2.24) is 9.80 Å². The predicted octanol–water partition coefficient (Wildman–Crippen LogP) is 0.436. The Labute approximate surface area is 108 Å². The number of rotatable bonds is 10. The first-order chi connectivity index (χ1) is 8.32. The zero-order chi connectivity index (χ0) is 14.1. The highest BCUT2D eigenvalue weighted by molar-refractivity contribution is 5.69. The summed E-state index contributed by atoms with van der Waals surface area (Å²) < 4.78 is 0. The van der Waals surface area contributed by atoms with E-state index in [1.807, 2.05) is 23.9 Å². The summed E-state index contributed by atoms with van der Waals surface area (Å²) in [5, 5.41) is 17.5. The molecule has 6 nitrogen and oxygen atoms in total. The minimum atomic E-state index is -0.817. The monoisotopic (exact) mass is 260 g/mol. The zero-order valence-corrected chi connectivity index (χ0v) is 11.4. The van der Waals surface area contributed by atoms with E-state index in [2.05, 4.69) is 0 Å². The van der Waals surface area contributed by atoms with Crippen molar-refractivity contribution in [2.45, 2.75) is 19.8 Å². The van der Waals surface area contributed by atoms with Gasteiger partial charge in [-0.25, -0.2) is 0 Å². The van der Waals surface area contributed by atoms with Gasteiger partial charge in [-0.2, -0.15) is 0 Å². The van der Waals surface area contributed by atoms with Gasteiger partial charge in [0.2, 0.25) is 0 Å². The van der Waals surface area contributed by atoms with E-state index in [-0.39, 0.29) is 6.42 Å². The molecule has 6 heteroatoms. The SMILES string of the molecule is CC(CN(CCCC(=O)O)CCN(C)C)C(=O)O. The van der Waals surface area contributed by atoms with Crippen molar-refractivity contribution in [2.75, 3.05) is 40.3 Å². The molecule has 0 aliphatic heterocycles. The Hall–Kier alpha value is -1.14. The van der Waals surface area contributed by atoms with E-state index >= 15 is 0 Å². The second-order valence-electron chi connectivity index (χ2n) is 4.84. The summed E-state index contributed by atoms with van der Waals surface area (Å²) in [5.74, 6) is -2.06. The molecule has 0 saturated heterocycles. The zero-order valence-electron chi connectivity index (χ0n) is 11.4. The molecule has 0 heterocycles. The van der Waals surface area contributed by atoms with Crippen LogP contribution < -0.4 is 0 Å². The van der Waals surface area contributed by atoms with Gasteiger partial charge in [-0.1, -0.05) is 6.92 Å². The van der Waals surface area contributed by atoms with Gasteiger partial charge >= 0.3 is 11.9 Å². The van der Waals surface area contributed by atoms with Crippen LogP contribution in [-0.4, -0.2) is 72.2 Å². The lowest BCUT2D eigenvalue weighted by atomic mass is 10.1. The van der Waals surface area contributed by atoms with Crippen LogP contribution in [0.25, 0.3) is 0 Å². The maximum Gasteiger partial charge on any atom is 0.307 e. The van der Waals surface area contributed by atoms with Gasteiger partial charge < -0.3 is 20.0 Å². The molecule has 0 aliphatic rings. The normalized spacial score (nSPS) is 12.9. The van der Waals surface area contributed by atoms with Crippen LogP contribution in [0, 0.1) is 5.92 Å². The van der Waals surface area contributed by atoms with Crippen LogP contribution in [0.15, 0.2) is 0 Å². The molecule has 0 fully saturated rings. The van der Waals surface area contributed by atoms with Crippen LogP contribution >= 0.6 is 0 Å². The standard InChI is InChI=1S/C12H24N2O4/c1-10(12(17)18)9-14(8-7-13(2)3)6-4-5-11(15)16/h10H,4-9H2,1-3H3,(H,15,16)(H,17,18). The van der Waals surface area contributed by atoms with E-state index in [1.165, 1.54) is 0 Å². The van der Waals surface area contributed by atoms with Crippen LogP contribution in [-0.2, 0) is 9.59 Å². The minimum Gasteiger partial charge on any atom is -0.481 e. The third-order valence-corrected chi connectivity index (χ3v) is 2.68. The second-order valence-corrected chi connectivity index (χ2v) is 4.84. The Kier molecular flexibility index (Phi) is 8.32. The number of hydrogen-bond donors (Lipinski definition) is 2. The molecule has 0 aromatic rings. The molecule has 0 amide bonds. The maximum atomic E-state index is 10.8. The summed E-state index contributed by atoms with van der Waals surface area (Å²) in [6.07, 6.45) is 0.676. The van der Waals surface area contributed by atoms with Gasteiger partial charge in [0.15, 0.2) is 0 Å². The van der Waals surface area contributed by atoms with Gasteiger partial charge in [0, 0.05) is 26.1 Å². The molecule has 0 bridgehead atoms. The number of likely N-dealkylation sites (N-methyl/N-ethyl adjacent to an activating group) is 1. The summed E-state index contributed by atoms with van der Waals surface area (Å²) in [7, 11) is 3.91. The second kappa shape index (κ2) is 8.88. The summed E-state index contributed by atoms with van der Waals surface area (Å²) in [4.78, 5) is 25.3. The molecule has 0 saturated carbocycles. The number of hydrogen-bond acceptors (Lipinski definition) is 4. The third-order valence-electron chi connectivity index (χ3n) is 2.68. The Balaban J connectivity index is 4.14. The van der Waals surface area contributed by atoms with E-state index in [4.69, 9.17) is 10.2 Å². The molecule has 0 spiro atoms. The van der Waals surface area contributed by atoms with Crippen LogP contribution in [0.3, 0.4) is 0 Å². The Morgan fingerprint density at radius 2 is 1.72 bits per heavy atom. The van der Waals surface area contributed by atoms with Gasteiger partial charge in [0.05, 0.1) is 5.92 Å². The minimum absolute atomic E-state index is 0.125. The molecule has 0 aliphatic carbocycles. The quantitative estimate of drug-likeness (QED) is 0.593. The van der Waals surface area contributed by atoms with E-state index in [1.54, 1.807) is 6.92 Å². The molecular formula is C12H24N2O4. The summed E-state index contributed by atoms with van der Waals surface area (Å²) in [6.45, 7) is 4.34. The molecule has 18 heavy (non-hydrogen) atoms. The maximum absolute atomic E-state index is 10.8. The van der Waals surface area contributed by atoms with E-state index in [0.717, 1.165) is 13.1 Å². The Morgan fingerprint density at radius 1 is 1.11 bits per heavy atom. The number of carboxylic acids is 2. The molecular weight excluding hydrogens is 236 g/mol. The van der Waals surface area contributed by atoms with Gasteiger partial charge in [0.25, 0.3) is 0 Å². The van der Waals surface area contributed by atoms with Crippen molar-refractivity contribution in [3.8, 4) is 0 Å². The van der Waals surface area contributed by atoms with Crippen molar-refractivity contribution in [3.63, 3.8) is 0 Å². The van der Waals surface area contributed by atoms with Crippen molar-refractivity contribution >= 4 is 11.9 Å². The summed E-state index contributed by atoms with van der Waals surface area (Å²) >= 11 is 0. The van der Waals surface area contributed by atoms with E-state index < -0.39 is 17.9 Å². The Bertz CT molecular complexity index is 269. The molecule has 106 valence electrons. The molecule has 0 aromatic carbocycles. The highest BCUT2D eigenvalue weighted by Gasteiger charge is 2.16. The highest BCUT2D eigenvalue weighted by atomic mass is 16.4. The number of carboxylic acid groups (broad SMARTS) is 2. The molecule has 2 N–H and O–H groups in total. The van der Waals surface area contributed by atoms with Crippen molar-refractivity contribution in [2.24, 2.45) is 5.92 Å². The summed E-state index contributed by atoms with van der Waals surface area (Å²) in [5.41, 5.74) is 0. The van der Waals surface area contributed by atoms with E-state index in [9.17, 15) is 9.59 Å². The van der Waals surface area contributed by atoms with Crippen LogP contribution in [0.5, 0.6) is 0 Å². The van der Waals surface area contributed by atoms with Crippen LogP contribution in [0.4, 0.5) is 0 Å². The van der Waals surface area contributed by atoms with E-state index in [0.29, 0.717) is 19.5 Å². The lowest BCUT2D eigenvalue weighted by molar-refractivity contribution is -0.142. The van der Waals surface area contributed by atoms with Crippen molar-refractivity contribution in [3.05, 3.63) is 0 Å². The molecule has 0 rings (SSSR count). The topological polar surface area (TPSA) is 81.1 Å². The lowest BCUT2D eigenvalue weighted by Crippen LogP contribution is -2.37. The molecule has 1 atom stereocenters. The van der Waals surface area contributed by atoms with Crippen molar-refractivity contribution in [1.29, 1.82) is 0 Å². The smallest absolute Gasteiger partial charge is 0.307 e. The van der Waals surface area contributed by atoms with Gasteiger partial charge in [0.1, 0.15) is 0 Å². The third kappa shape index (κ3) is 8.95. The predicted molar refractivity (Wildman–Crippen MR) is 68.7 cm³/mol. The van der Waals surface area contributed by atoms with Crippen LogP contribution in [0.2, 0.25) is 0 Å². The first-order valence-electron chi connectivity index (χ1n) is 6.14. The number of carbonyl (C=O) groups is 2. The van der Waals surface area contributed by atoms with Crippen LogP contribution in [0.1, 0.15) is 19.8 Å². The average Bonchev–Trinajstić information content (AvgIpc) is 2.24. The summed E-state index contributed by atoms with van der Waals surface area (Å²) in [6, 6.07) is 0. The number of nitrogens with zero attached hydrogens (tertiary/aromatic N) is 2. The first kappa shape index (κ1) is 16.9. The first-order valence-corrected chi connectivity index (χ1v) is 6.14. The number of aliphatic carboxylic acids is 2. The van der Waals surface area contributed by atoms with Gasteiger partial charge in [-0.05, 0) is 27.1 Å². The highest BCUT2D eigenvalue weighted by Crippen LogP contribution is 2.03. The lowest BCUT2D eigenvalue weighted by Gasteiger charge is -2.25.